The highest BCUT2D eigenvalue weighted by Crippen LogP contribution is 2.03. The number of guanidine groups is 1. The Hall–Kier alpha value is -1.84. The highest BCUT2D eigenvalue weighted by molar-refractivity contribution is 5.82. The molecule has 4 heteroatoms. The zero-order valence-electron chi connectivity index (χ0n) is 7.44. The number of benzene rings is 1. The molecule has 0 aliphatic carbocycles. The lowest BCUT2D eigenvalue weighted by Crippen LogP contribution is -2.21. The molecule has 1 aromatic rings. The minimum absolute atomic E-state index is 0.0372. The lowest BCUT2D eigenvalue weighted by atomic mass is 10.1. The summed E-state index contributed by atoms with van der Waals surface area (Å²) >= 11 is 0. The van der Waals surface area contributed by atoms with Crippen LogP contribution in [0, 0.1) is 6.92 Å². The molecule has 0 spiro atoms. The van der Waals surface area contributed by atoms with Crippen LogP contribution in [0.1, 0.15) is 11.1 Å². The molecule has 0 aliphatic heterocycles. The van der Waals surface area contributed by atoms with E-state index in [1.54, 1.807) is 6.21 Å². The van der Waals surface area contributed by atoms with Crippen molar-refractivity contribution >= 4 is 12.2 Å². The fraction of sp³-hybridized carbons (Fsp3) is 0.111. The number of nitrogens with two attached hydrogens (primary N) is 2. The predicted molar refractivity (Wildman–Crippen MR) is 54.6 cm³/mol. The highest BCUT2D eigenvalue weighted by atomic mass is 15.3. The van der Waals surface area contributed by atoms with Gasteiger partial charge in [-0.3, -0.25) is 0 Å². The molecule has 0 atom stereocenters. The van der Waals surface area contributed by atoms with Gasteiger partial charge in [0.1, 0.15) is 0 Å². The molecule has 0 unspecified atom stereocenters. The Morgan fingerprint density at radius 1 is 1.31 bits per heavy atom. The maximum absolute atomic E-state index is 5.11. The largest absolute Gasteiger partial charge is 0.369 e. The van der Waals surface area contributed by atoms with Crippen LogP contribution in [0.4, 0.5) is 0 Å². The van der Waals surface area contributed by atoms with Crippen molar-refractivity contribution in [2.45, 2.75) is 6.92 Å². The summed E-state index contributed by atoms with van der Waals surface area (Å²) in [6.07, 6.45) is 1.62. The monoisotopic (exact) mass is 176 g/mol. The van der Waals surface area contributed by atoms with E-state index in [0.29, 0.717) is 0 Å². The first-order valence-electron chi connectivity index (χ1n) is 3.88. The van der Waals surface area contributed by atoms with Crippen molar-refractivity contribution in [3.63, 3.8) is 0 Å². The minimum Gasteiger partial charge on any atom is -0.369 e. The van der Waals surface area contributed by atoms with E-state index < -0.39 is 0 Å². The van der Waals surface area contributed by atoms with E-state index in [2.05, 4.69) is 10.2 Å². The number of nitrogens with zero attached hydrogens (tertiary/aromatic N) is 2. The number of aryl methyl sites for hydroxylation is 1. The summed E-state index contributed by atoms with van der Waals surface area (Å²) in [5, 5.41) is 7.22. The van der Waals surface area contributed by atoms with E-state index in [0.717, 1.165) is 11.1 Å². The van der Waals surface area contributed by atoms with Crippen molar-refractivity contribution in [2.24, 2.45) is 21.7 Å². The van der Waals surface area contributed by atoms with Crippen LogP contribution in [0.5, 0.6) is 0 Å². The van der Waals surface area contributed by atoms with Gasteiger partial charge in [0, 0.05) is 0 Å². The molecule has 0 aliphatic rings. The molecule has 0 fully saturated rings. The van der Waals surface area contributed by atoms with Crippen molar-refractivity contribution in [3.8, 4) is 0 Å². The number of hydrogen-bond acceptors (Lipinski definition) is 2. The summed E-state index contributed by atoms with van der Waals surface area (Å²) in [4.78, 5) is 0. The summed E-state index contributed by atoms with van der Waals surface area (Å²) in [6, 6.07) is 7.84. The molecule has 0 heterocycles. The molecule has 0 saturated carbocycles. The molecule has 13 heavy (non-hydrogen) atoms. The van der Waals surface area contributed by atoms with Crippen molar-refractivity contribution in [2.75, 3.05) is 0 Å². The first-order chi connectivity index (χ1) is 6.20. The Labute approximate surface area is 77.0 Å². The van der Waals surface area contributed by atoms with E-state index in [9.17, 15) is 0 Å². The maximum atomic E-state index is 5.11. The van der Waals surface area contributed by atoms with Crippen LogP contribution >= 0.6 is 0 Å². The van der Waals surface area contributed by atoms with Gasteiger partial charge >= 0.3 is 0 Å². The standard InChI is InChI=1S/C9H12N4/c1-7-4-2-3-5-8(7)6-12-13-9(10)11/h2-6H,1H3,(H4,10,11,13)/b12-6-. The fourth-order valence-electron chi connectivity index (χ4n) is 0.889. The normalized spacial score (nSPS) is 10.2. The Morgan fingerprint density at radius 3 is 2.62 bits per heavy atom. The molecule has 68 valence electrons. The third-order valence-corrected chi connectivity index (χ3v) is 1.56. The highest BCUT2D eigenvalue weighted by Gasteiger charge is 1.90. The van der Waals surface area contributed by atoms with Crippen molar-refractivity contribution < 1.29 is 0 Å². The topological polar surface area (TPSA) is 76.8 Å². The van der Waals surface area contributed by atoms with E-state index >= 15 is 0 Å². The Bertz CT molecular complexity index is 337. The molecular weight excluding hydrogens is 164 g/mol. The van der Waals surface area contributed by atoms with Crippen molar-refractivity contribution in [1.82, 2.24) is 0 Å². The third kappa shape index (κ3) is 2.94. The lowest BCUT2D eigenvalue weighted by Gasteiger charge is -1.95. The molecule has 1 aromatic carbocycles. The Morgan fingerprint density at radius 2 is 2.00 bits per heavy atom. The van der Waals surface area contributed by atoms with Crippen LogP contribution < -0.4 is 11.5 Å². The summed E-state index contributed by atoms with van der Waals surface area (Å²) in [7, 11) is 0. The van der Waals surface area contributed by atoms with E-state index in [4.69, 9.17) is 11.5 Å². The van der Waals surface area contributed by atoms with E-state index in [1.807, 2.05) is 31.2 Å². The first kappa shape index (κ1) is 9.25. The second-order valence-corrected chi connectivity index (χ2v) is 2.63. The van der Waals surface area contributed by atoms with E-state index in [-0.39, 0.29) is 5.96 Å². The average Bonchev–Trinajstić information content (AvgIpc) is 2.08. The molecule has 1 rings (SSSR count). The first-order valence-corrected chi connectivity index (χ1v) is 3.88. The third-order valence-electron chi connectivity index (χ3n) is 1.56. The van der Waals surface area contributed by atoms with Crippen LogP contribution in [0.25, 0.3) is 0 Å². The fourth-order valence-corrected chi connectivity index (χ4v) is 0.889. The van der Waals surface area contributed by atoms with Crippen LogP contribution in [0.3, 0.4) is 0 Å². The van der Waals surface area contributed by atoms with Gasteiger partial charge in [0.05, 0.1) is 6.21 Å². The zero-order chi connectivity index (χ0) is 9.68. The summed E-state index contributed by atoms with van der Waals surface area (Å²) < 4.78 is 0. The van der Waals surface area contributed by atoms with Gasteiger partial charge in [-0.25, -0.2) is 0 Å². The number of hydrogen-bond donors (Lipinski definition) is 2. The summed E-state index contributed by atoms with van der Waals surface area (Å²) in [6.45, 7) is 2.00. The summed E-state index contributed by atoms with van der Waals surface area (Å²) in [5.41, 5.74) is 12.4. The second kappa shape index (κ2) is 4.25. The van der Waals surface area contributed by atoms with Crippen molar-refractivity contribution in [3.05, 3.63) is 35.4 Å². The maximum Gasteiger partial charge on any atom is 0.211 e. The van der Waals surface area contributed by atoms with Crippen LogP contribution in [0.2, 0.25) is 0 Å². The molecule has 0 radical (unpaired) electrons. The van der Waals surface area contributed by atoms with Gasteiger partial charge in [0.2, 0.25) is 5.96 Å². The van der Waals surface area contributed by atoms with Crippen LogP contribution in [-0.2, 0) is 0 Å². The quantitative estimate of drug-likeness (QED) is 0.393. The minimum atomic E-state index is -0.0372. The van der Waals surface area contributed by atoms with Gasteiger partial charge in [-0.05, 0) is 18.1 Å². The molecule has 4 N–H and O–H groups in total. The Kier molecular flexibility index (Phi) is 3.03. The van der Waals surface area contributed by atoms with E-state index in [1.165, 1.54) is 0 Å². The number of rotatable bonds is 2. The van der Waals surface area contributed by atoms with Gasteiger partial charge in [0.15, 0.2) is 0 Å². The van der Waals surface area contributed by atoms with Crippen molar-refractivity contribution in [1.29, 1.82) is 0 Å². The molecule has 0 amide bonds. The van der Waals surface area contributed by atoms with Crippen LogP contribution in [-0.4, -0.2) is 12.2 Å². The predicted octanol–water partition coefficient (Wildman–Crippen LogP) is 0.602. The van der Waals surface area contributed by atoms with Gasteiger partial charge in [-0.1, -0.05) is 24.3 Å². The summed E-state index contributed by atoms with van der Waals surface area (Å²) in [5.74, 6) is -0.0372. The lowest BCUT2D eigenvalue weighted by molar-refractivity contribution is 1.21. The molecule has 4 nitrogen and oxygen atoms in total. The molecular formula is C9H12N4. The van der Waals surface area contributed by atoms with Gasteiger partial charge in [-0.15, -0.1) is 5.10 Å². The average molecular weight is 176 g/mol. The molecule has 0 saturated heterocycles. The molecule has 0 aromatic heterocycles. The second-order valence-electron chi connectivity index (χ2n) is 2.63. The zero-order valence-corrected chi connectivity index (χ0v) is 7.44. The molecule has 0 bridgehead atoms. The van der Waals surface area contributed by atoms with Gasteiger partial charge in [-0.2, -0.15) is 5.10 Å². The van der Waals surface area contributed by atoms with Gasteiger partial charge < -0.3 is 11.5 Å². The smallest absolute Gasteiger partial charge is 0.211 e. The van der Waals surface area contributed by atoms with Crippen LogP contribution in [0.15, 0.2) is 34.5 Å². The SMILES string of the molecule is Cc1ccccc1/C=N\N=C(N)N. The Balaban J connectivity index is 2.80. The van der Waals surface area contributed by atoms with Gasteiger partial charge in [0.25, 0.3) is 0 Å².